The van der Waals surface area contributed by atoms with Gasteiger partial charge in [0.2, 0.25) is 0 Å². The minimum absolute atomic E-state index is 0.448. The van der Waals surface area contributed by atoms with Crippen molar-refractivity contribution < 1.29 is 0 Å². The highest BCUT2D eigenvalue weighted by atomic mass is 14.6. The molecular weight excluding hydrogens is 134 g/mol. The van der Waals surface area contributed by atoms with Crippen molar-refractivity contribution in [2.24, 2.45) is 11.7 Å². The summed E-state index contributed by atoms with van der Waals surface area (Å²) >= 11 is 0. The van der Waals surface area contributed by atoms with Crippen molar-refractivity contribution in [2.75, 3.05) is 0 Å². The zero-order valence-electron chi connectivity index (χ0n) is 7.59. The maximum absolute atomic E-state index is 5.58. The number of nitrogens with two attached hydrogens (primary N) is 1. The Balaban J connectivity index is 4.46. The minimum atomic E-state index is 0.448. The van der Waals surface area contributed by atoms with Gasteiger partial charge in [0.25, 0.3) is 0 Å². The third-order valence-electron chi connectivity index (χ3n) is 1.46. The summed E-state index contributed by atoms with van der Waals surface area (Å²) in [5.74, 6) is 0.448. The van der Waals surface area contributed by atoms with E-state index in [0.29, 0.717) is 11.6 Å². The fourth-order valence-electron chi connectivity index (χ4n) is 0.870. The molecule has 0 aromatic rings. The van der Waals surface area contributed by atoms with E-state index < -0.39 is 0 Å². The van der Waals surface area contributed by atoms with Crippen LogP contribution in [0.1, 0.15) is 20.8 Å². The summed E-state index contributed by atoms with van der Waals surface area (Å²) in [5.41, 5.74) is 7.36. The Labute approximate surface area is 69.3 Å². The van der Waals surface area contributed by atoms with Gasteiger partial charge < -0.3 is 5.73 Å². The summed E-state index contributed by atoms with van der Waals surface area (Å²) in [6.45, 7) is 9.89. The summed E-state index contributed by atoms with van der Waals surface area (Å²) in [6, 6.07) is 0. The molecule has 0 spiro atoms. The topological polar surface area (TPSA) is 26.0 Å². The van der Waals surface area contributed by atoms with Crippen LogP contribution in [-0.4, -0.2) is 0 Å². The van der Waals surface area contributed by atoms with Crippen molar-refractivity contribution in [3.8, 4) is 0 Å². The SMILES string of the molecule is C=C(N)/C(=C\C=C/C)C(C)C. The smallest absolute Gasteiger partial charge is 0.0276 e. The Morgan fingerprint density at radius 1 is 1.45 bits per heavy atom. The number of hydrogen-bond donors (Lipinski definition) is 1. The third kappa shape index (κ3) is 3.66. The molecule has 62 valence electrons. The van der Waals surface area contributed by atoms with Crippen LogP contribution in [0.25, 0.3) is 0 Å². The van der Waals surface area contributed by atoms with Crippen molar-refractivity contribution >= 4 is 0 Å². The molecule has 0 radical (unpaired) electrons. The second-order valence-electron chi connectivity index (χ2n) is 2.83. The lowest BCUT2D eigenvalue weighted by molar-refractivity contribution is 0.775. The van der Waals surface area contributed by atoms with E-state index in [9.17, 15) is 0 Å². The Bertz CT molecular complexity index is 185. The maximum Gasteiger partial charge on any atom is 0.0276 e. The first-order valence-electron chi connectivity index (χ1n) is 3.87. The van der Waals surface area contributed by atoms with E-state index >= 15 is 0 Å². The minimum Gasteiger partial charge on any atom is -0.399 e. The monoisotopic (exact) mass is 151 g/mol. The second kappa shape index (κ2) is 4.78. The van der Waals surface area contributed by atoms with E-state index in [-0.39, 0.29) is 0 Å². The molecule has 0 unspecified atom stereocenters. The Morgan fingerprint density at radius 2 is 2.00 bits per heavy atom. The van der Waals surface area contributed by atoms with Crippen LogP contribution in [-0.2, 0) is 0 Å². The lowest BCUT2D eigenvalue weighted by Gasteiger charge is -2.08. The van der Waals surface area contributed by atoms with Gasteiger partial charge in [-0.2, -0.15) is 0 Å². The van der Waals surface area contributed by atoms with Gasteiger partial charge in [-0.15, -0.1) is 0 Å². The van der Waals surface area contributed by atoms with Gasteiger partial charge in [-0.25, -0.2) is 0 Å². The van der Waals surface area contributed by atoms with Gasteiger partial charge in [-0.05, 0) is 18.4 Å². The molecule has 0 saturated carbocycles. The van der Waals surface area contributed by atoms with E-state index in [1.807, 2.05) is 25.2 Å². The molecule has 0 fully saturated rings. The molecule has 11 heavy (non-hydrogen) atoms. The molecule has 0 bridgehead atoms. The summed E-state index contributed by atoms with van der Waals surface area (Å²) in [7, 11) is 0. The molecule has 1 nitrogen and oxygen atoms in total. The second-order valence-corrected chi connectivity index (χ2v) is 2.83. The number of hydrogen-bond acceptors (Lipinski definition) is 1. The van der Waals surface area contributed by atoms with Crippen molar-refractivity contribution in [3.05, 3.63) is 36.1 Å². The molecule has 0 aromatic heterocycles. The van der Waals surface area contributed by atoms with E-state index in [2.05, 4.69) is 20.4 Å². The molecular formula is C10H17N. The lowest BCUT2D eigenvalue weighted by Crippen LogP contribution is -2.04. The van der Waals surface area contributed by atoms with Crippen LogP contribution < -0.4 is 5.73 Å². The molecule has 0 aliphatic rings. The Morgan fingerprint density at radius 3 is 2.27 bits per heavy atom. The van der Waals surface area contributed by atoms with Gasteiger partial charge >= 0.3 is 0 Å². The molecule has 2 N–H and O–H groups in total. The number of rotatable bonds is 3. The van der Waals surface area contributed by atoms with Crippen LogP contribution in [0.5, 0.6) is 0 Å². The normalized spacial score (nSPS) is 12.9. The predicted octanol–water partition coefficient (Wildman–Crippen LogP) is 2.62. The summed E-state index contributed by atoms with van der Waals surface area (Å²) in [4.78, 5) is 0. The highest BCUT2D eigenvalue weighted by Crippen LogP contribution is 2.13. The van der Waals surface area contributed by atoms with Crippen molar-refractivity contribution in [1.29, 1.82) is 0 Å². The van der Waals surface area contributed by atoms with Crippen molar-refractivity contribution in [1.82, 2.24) is 0 Å². The first-order chi connectivity index (χ1) is 5.09. The van der Waals surface area contributed by atoms with Gasteiger partial charge in [0, 0.05) is 5.70 Å². The largest absolute Gasteiger partial charge is 0.399 e. The highest BCUT2D eigenvalue weighted by Gasteiger charge is 2.01. The van der Waals surface area contributed by atoms with Crippen LogP contribution in [0.4, 0.5) is 0 Å². The molecule has 0 rings (SSSR count). The van der Waals surface area contributed by atoms with Gasteiger partial charge in [0.1, 0.15) is 0 Å². The van der Waals surface area contributed by atoms with E-state index in [4.69, 9.17) is 5.73 Å². The van der Waals surface area contributed by atoms with Gasteiger partial charge in [0.15, 0.2) is 0 Å². The van der Waals surface area contributed by atoms with E-state index in [0.717, 1.165) is 5.57 Å². The van der Waals surface area contributed by atoms with E-state index in [1.54, 1.807) is 0 Å². The predicted molar refractivity (Wildman–Crippen MR) is 51.1 cm³/mol. The lowest BCUT2D eigenvalue weighted by atomic mass is 10.0. The maximum atomic E-state index is 5.58. The van der Waals surface area contributed by atoms with E-state index in [1.165, 1.54) is 0 Å². The molecule has 0 aromatic carbocycles. The van der Waals surface area contributed by atoms with Crippen LogP contribution >= 0.6 is 0 Å². The average molecular weight is 151 g/mol. The Hall–Kier alpha value is -0.980. The fraction of sp³-hybridized carbons (Fsp3) is 0.400. The summed E-state index contributed by atoms with van der Waals surface area (Å²) < 4.78 is 0. The molecule has 0 aliphatic carbocycles. The molecule has 0 heterocycles. The van der Waals surface area contributed by atoms with Crippen LogP contribution in [0, 0.1) is 5.92 Å². The van der Waals surface area contributed by atoms with Gasteiger partial charge in [-0.1, -0.05) is 38.7 Å². The average Bonchev–Trinajstić information content (AvgIpc) is 1.87. The summed E-state index contributed by atoms with van der Waals surface area (Å²) in [5, 5.41) is 0. The van der Waals surface area contributed by atoms with Crippen LogP contribution in [0.2, 0.25) is 0 Å². The summed E-state index contributed by atoms with van der Waals surface area (Å²) in [6.07, 6.45) is 5.96. The first kappa shape index (κ1) is 10.0. The highest BCUT2D eigenvalue weighted by molar-refractivity contribution is 5.30. The zero-order chi connectivity index (χ0) is 8.85. The first-order valence-corrected chi connectivity index (χ1v) is 3.87. The third-order valence-corrected chi connectivity index (χ3v) is 1.46. The van der Waals surface area contributed by atoms with Crippen molar-refractivity contribution in [3.63, 3.8) is 0 Å². The standard InChI is InChI=1S/C10H17N/c1-5-6-7-10(8(2)3)9(4)11/h5-8H,4,11H2,1-3H3/b6-5-,10-7-. The van der Waals surface area contributed by atoms with Crippen molar-refractivity contribution in [2.45, 2.75) is 20.8 Å². The quantitative estimate of drug-likeness (QED) is 0.616. The molecule has 1 heteroatoms. The molecule has 0 amide bonds. The molecule has 0 saturated heterocycles. The van der Waals surface area contributed by atoms with Crippen LogP contribution in [0.15, 0.2) is 36.1 Å². The fourth-order valence-corrected chi connectivity index (χ4v) is 0.870. The van der Waals surface area contributed by atoms with Gasteiger partial charge in [-0.3, -0.25) is 0 Å². The number of allylic oxidation sites excluding steroid dienone is 4. The Kier molecular flexibility index (Phi) is 4.35. The zero-order valence-corrected chi connectivity index (χ0v) is 7.59. The molecule has 0 atom stereocenters. The van der Waals surface area contributed by atoms with Gasteiger partial charge in [0.05, 0.1) is 0 Å². The molecule has 0 aliphatic heterocycles. The van der Waals surface area contributed by atoms with Crippen LogP contribution in [0.3, 0.4) is 0 Å².